The van der Waals surface area contributed by atoms with Gasteiger partial charge < -0.3 is 14.2 Å². The summed E-state index contributed by atoms with van der Waals surface area (Å²) in [6.07, 6.45) is 1.77. The highest BCUT2D eigenvalue weighted by atomic mass is 16.3. The van der Waals surface area contributed by atoms with Gasteiger partial charge in [-0.1, -0.05) is 42.8 Å². The minimum Gasteiger partial charge on any atom is -0.450 e. The van der Waals surface area contributed by atoms with Crippen LogP contribution in [0.15, 0.2) is 51.7 Å². The van der Waals surface area contributed by atoms with E-state index in [0.717, 1.165) is 30.5 Å². The van der Waals surface area contributed by atoms with Crippen molar-refractivity contribution in [2.45, 2.75) is 32.7 Å². The van der Waals surface area contributed by atoms with Crippen LogP contribution in [-0.4, -0.2) is 42.9 Å². The van der Waals surface area contributed by atoms with Crippen molar-refractivity contribution in [1.82, 2.24) is 9.80 Å². The standard InChI is InChI=1S/C25H28N2O3/c1-5-17-8-10-18(11-9-17)22-21-23(28)19-15-16(2)7-12-20(19)30-24(21)25(29)27(22)14-6-13-26(3)4/h7-12,15,22H,5-6,13-14H2,1-4H3. The Labute approximate surface area is 176 Å². The average Bonchev–Trinajstić information content (AvgIpc) is 3.01. The summed E-state index contributed by atoms with van der Waals surface area (Å²) in [5, 5.41) is 0.534. The predicted octanol–water partition coefficient (Wildman–Crippen LogP) is 4.16. The molecule has 2 aromatic carbocycles. The molecule has 5 nitrogen and oxygen atoms in total. The number of aryl methyl sites for hydroxylation is 2. The monoisotopic (exact) mass is 404 g/mol. The predicted molar refractivity (Wildman–Crippen MR) is 119 cm³/mol. The molecule has 0 bridgehead atoms. The number of amides is 1. The molecular formula is C25H28N2O3. The van der Waals surface area contributed by atoms with Crippen LogP contribution in [0.2, 0.25) is 0 Å². The molecule has 5 heteroatoms. The van der Waals surface area contributed by atoms with Crippen LogP contribution in [-0.2, 0) is 6.42 Å². The molecule has 1 aliphatic rings. The summed E-state index contributed by atoms with van der Waals surface area (Å²) in [6, 6.07) is 13.3. The second-order valence-corrected chi connectivity index (χ2v) is 8.33. The fourth-order valence-corrected chi connectivity index (χ4v) is 4.20. The zero-order valence-corrected chi connectivity index (χ0v) is 18.1. The van der Waals surface area contributed by atoms with Crippen molar-refractivity contribution >= 4 is 16.9 Å². The largest absolute Gasteiger partial charge is 0.450 e. The first-order chi connectivity index (χ1) is 14.4. The van der Waals surface area contributed by atoms with Crippen molar-refractivity contribution < 1.29 is 9.21 Å². The molecule has 1 aromatic heterocycles. The van der Waals surface area contributed by atoms with Gasteiger partial charge in [-0.3, -0.25) is 9.59 Å². The molecule has 1 atom stereocenters. The Hall–Kier alpha value is -2.92. The van der Waals surface area contributed by atoms with E-state index in [-0.39, 0.29) is 17.1 Å². The maximum atomic E-state index is 13.5. The van der Waals surface area contributed by atoms with E-state index >= 15 is 0 Å². The van der Waals surface area contributed by atoms with Gasteiger partial charge in [-0.2, -0.15) is 0 Å². The maximum absolute atomic E-state index is 13.5. The highest BCUT2D eigenvalue weighted by molar-refractivity contribution is 5.99. The minimum absolute atomic E-state index is 0.108. The van der Waals surface area contributed by atoms with E-state index < -0.39 is 6.04 Å². The van der Waals surface area contributed by atoms with Crippen LogP contribution in [0.3, 0.4) is 0 Å². The number of nitrogens with zero attached hydrogens (tertiary/aromatic N) is 2. The zero-order chi connectivity index (χ0) is 21.4. The first kappa shape index (κ1) is 20.4. The van der Waals surface area contributed by atoms with Crippen molar-refractivity contribution in [1.29, 1.82) is 0 Å². The Balaban J connectivity index is 1.86. The van der Waals surface area contributed by atoms with Gasteiger partial charge in [0.15, 0.2) is 5.43 Å². The smallest absolute Gasteiger partial charge is 0.290 e. The second kappa shape index (κ2) is 8.07. The van der Waals surface area contributed by atoms with E-state index in [1.807, 2.05) is 45.3 Å². The van der Waals surface area contributed by atoms with E-state index in [1.54, 1.807) is 11.0 Å². The normalized spacial score (nSPS) is 16.0. The fourth-order valence-electron chi connectivity index (χ4n) is 4.20. The van der Waals surface area contributed by atoms with Gasteiger partial charge in [-0.05, 0) is 63.7 Å². The third-order valence-electron chi connectivity index (χ3n) is 5.83. The molecule has 1 amide bonds. The summed E-state index contributed by atoms with van der Waals surface area (Å²) in [4.78, 5) is 30.7. The van der Waals surface area contributed by atoms with Crippen molar-refractivity contribution in [2.75, 3.05) is 27.2 Å². The van der Waals surface area contributed by atoms with Gasteiger partial charge in [-0.15, -0.1) is 0 Å². The highest BCUT2D eigenvalue weighted by Crippen LogP contribution is 2.38. The fraction of sp³-hybridized carbons (Fsp3) is 0.360. The summed E-state index contributed by atoms with van der Waals surface area (Å²) in [6.45, 7) is 5.49. The third kappa shape index (κ3) is 3.54. The summed E-state index contributed by atoms with van der Waals surface area (Å²) in [7, 11) is 4.03. The molecule has 1 aliphatic heterocycles. The third-order valence-corrected chi connectivity index (χ3v) is 5.83. The lowest BCUT2D eigenvalue weighted by molar-refractivity contribution is 0.0722. The Morgan fingerprint density at radius 2 is 1.80 bits per heavy atom. The summed E-state index contributed by atoms with van der Waals surface area (Å²) >= 11 is 0. The second-order valence-electron chi connectivity index (χ2n) is 8.33. The van der Waals surface area contributed by atoms with Crippen LogP contribution in [0, 0.1) is 6.92 Å². The van der Waals surface area contributed by atoms with Crippen LogP contribution in [0.25, 0.3) is 11.0 Å². The highest BCUT2D eigenvalue weighted by Gasteiger charge is 2.42. The van der Waals surface area contributed by atoms with Gasteiger partial charge in [0.05, 0.1) is 17.0 Å². The van der Waals surface area contributed by atoms with Gasteiger partial charge >= 0.3 is 0 Å². The summed E-state index contributed by atoms with van der Waals surface area (Å²) < 4.78 is 6.01. The quantitative estimate of drug-likeness (QED) is 0.619. The molecule has 156 valence electrons. The number of hydrogen-bond acceptors (Lipinski definition) is 4. The van der Waals surface area contributed by atoms with Crippen LogP contribution in [0.1, 0.15) is 52.2 Å². The number of fused-ring (bicyclic) bond motifs is 2. The molecular weight excluding hydrogens is 376 g/mol. The average molecular weight is 405 g/mol. The van der Waals surface area contributed by atoms with Crippen molar-refractivity contribution in [3.8, 4) is 0 Å². The molecule has 0 N–H and O–H groups in total. The molecule has 0 saturated carbocycles. The lowest BCUT2D eigenvalue weighted by atomic mass is 9.97. The molecule has 4 rings (SSSR count). The first-order valence-electron chi connectivity index (χ1n) is 10.5. The van der Waals surface area contributed by atoms with E-state index in [0.29, 0.717) is 23.1 Å². The Bertz CT molecular complexity index is 1150. The maximum Gasteiger partial charge on any atom is 0.290 e. The Morgan fingerprint density at radius 1 is 1.07 bits per heavy atom. The Morgan fingerprint density at radius 3 is 2.47 bits per heavy atom. The van der Waals surface area contributed by atoms with Crippen LogP contribution in [0.5, 0.6) is 0 Å². The minimum atomic E-state index is -0.415. The molecule has 0 saturated heterocycles. The number of hydrogen-bond donors (Lipinski definition) is 0. The van der Waals surface area contributed by atoms with E-state index in [9.17, 15) is 9.59 Å². The lowest BCUT2D eigenvalue weighted by Gasteiger charge is -2.26. The van der Waals surface area contributed by atoms with Crippen molar-refractivity contribution in [3.63, 3.8) is 0 Å². The summed E-state index contributed by atoms with van der Waals surface area (Å²) in [5.41, 5.74) is 3.99. The molecule has 0 aliphatic carbocycles. The molecule has 0 radical (unpaired) electrons. The molecule has 0 spiro atoms. The molecule has 30 heavy (non-hydrogen) atoms. The number of benzene rings is 2. The van der Waals surface area contributed by atoms with E-state index in [1.165, 1.54) is 5.56 Å². The van der Waals surface area contributed by atoms with Gasteiger partial charge in [-0.25, -0.2) is 0 Å². The molecule has 1 unspecified atom stereocenters. The van der Waals surface area contributed by atoms with E-state index in [2.05, 4.69) is 24.0 Å². The van der Waals surface area contributed by atoms with Crippen LogP contribution in [0.4, 0.5) is 0 Å². The van der Waals surface area contributed by atoms with Crippen LogP contribution < -0.4 is 5.43 Å². The Kier molecular flexibility index (Phi) is 5.48. The van der Waals surface area contributed by atoms with Gasteiger partial charge in [0.1, 0.15) is 5.58 Å². The van der Waals surface area contributed by atoms with Crippen molar-refractivity contribution in [3.05, 3.63) is 80.7 Å². The zero-order valence-electron chi connectivity index (χ0n) is 18.1. The number of carbonyl (C=O) groups excluding carboxylic acids is 1. The number of rotatable bonds is 6. The first-order valence-corrected chi connectivity index (χ1v) is 10.5. The van der Waals surface area contributed by atoms with Crippen LogP contribution >= 0.6 is 0 Å². The van der Waals surface area contributed by atoms with Gasteiger partial charge in [0, 0.05) is 6.54 Å². The topological polar surface area (TPSA) is 53.8 Å². The lowest BCUT2D eigenvalue weighted by Crippen LogP contribution is -2.32. The van der Waals surface area contributed by atoms with E-state index in [4.69, 9.17) is 4.42 Å². The van der Waals surface area contributed by atoms with Gasteiger partial charge in [0.2, 0.25) is 5.76 Å². The number of carbonyl (C=O) groups is 1. The SMILES string of the molecule is CCc1ccc(C2c3c(oc4ccc(C)cc4c3=O)C(=O)N2CCCN(C)C)cc1. The molecule has 3 aromatic rings. The summed E-state index contributed by atoms with van der Waals surface area (Å²) in [5.74, 6) is -0.0151. The van der Waals surface area contributed by atoms with Crippen molar-refractivity contribution in [2.24, 2.45) is 0 Å². The van der Waals surface area contributed by atoms with Gasteiger partial charge in [0.25, 0.3) is 5.91 Å². The molecule has 2 heterocycles. The molecule has 0 fully saturated rings.